The van der Waals surface area contributed by atoms with Crippen LogP contribution >= 0.6 is 0 Å². The number of H-pyrrole nitrogens is 1. The Hall–Kier alpha value is -1.88. The molecule has 0 aliphatic carbocycles. The van der Waals surface area contributed by atoms with Crippen LogP contribution in [0.4, 0.5) is 0 Å². The van der Waals surface area contributed by atoms with Crippen LogP contribution in [0.5, 0.6) is 0 Å². The second-order valence-electron chi connectivity index (χ2n) is 4.86. The number of nitrogens with one attached hydrogen (secondary N) is 1. The van der Waals surface area contributed by atoms with Gasteiger partial charge in [0.05, 0.1) is 24.0 Å². The molecule has 1 amide bonds. The summed E-state index contributed by atoms with van der Waals surface area (Å²) >= 11 is 0. The number of benzene rings is 1. The van der Waals surface area contributed by atoms with Crippen LogP contribution in [0, 0.1) is 0 Å². The molecular formula is C15H21N3O2. The summed E-state index contributed by atoms with van der Waals surface area (Å²) in [5.74, 6) is -0.0355. The van der Waals surface area contributed by atoms with Gasteiger partial charge in [-0.3, -0.25) is 4.79 Å². The van der Waals surface area contributed by atoms with Gasteiger partial charge >= 0.3 is 0 Å². The van der Waals surface area contributed by atoms with Crippen LogP contribution in [0.1, 0.15) is 36.5 Å². The van der Waals surface area contributed by atoms with Gasteiger partial charge in [0.2, 0.25) is 0 Å². The number of imidazole rings is 1. The van der Waals surface area contributed by atoms with E-state index in [2.05, 4.69) is 16.9 Å². The van der Waals surface area contributed by atoms with Crippen molar-refractivity contribution < 1.29 is 9.90 Å². The molecular weight excluding hydrogens is 254 g/mol. The molecule has 0 radical (unpaired) electrons. The van der Waals surface area contributed by atoms with Crippen molar-refractivity contribution in [2.24, 2.45) is 0 Å². The number of aliphatic hydroxyl groups excluding tert-OH is 1. The molecule has 2 N–H and O–H groups in total. The zero-order valence-corrected chi connectivity index (χ0v) is 11.8. The Labute approximate surface area is 118 Å². The molecule has 0 saturated carbocycles. The van der Waals surface area contributed by atoms with Crippen LogP contribution in [-0.4, -0.2) is 45.6 Å². The second-order valence-corrected chi connectivity index (χ2v) is 4.86. The maximum Gasteiger partial charge on any atom is 0.254 e. The number of hydrogen-bond acceptors (Lipinski definition) is 3. The molecule has 5 heteroatoms. The fourth-order valence-corrected chi connectivity index (χ4v) is 2.24. The van der Waals surface area contributed by atoms with Crippen molar-refractivity contribution in [2.75, 3.05) is 19.7 Å². The highest BCUT2D eigenvalue weighted by Gasteiger charge is 2.15. The van der Waals surface area contributed by atoms with Crippen molar-refractivity contribution in [3.05, 3.63) is 30.1 Å². The molecule has 1 aromatic carbocycles. The van der Waals surface area contributed by atoms with Gasteiger partial charge in [0.15, 0.2) is 0 Å². The molecule has 0 unspecified atom stereocenters. The third-order valence-electron chi connectivity index (χ3n) is 3.36. The lowest BCUT2D eigenvalue weighted by Crippen LogP contribution is -2.34. The van der Waals surface area contributed by atoms with Crippen molar-refractivity contribution in [3.63, 3.8) is 0 Å². The molecule has 108 valence electrons. The van der Waals surface area contributed by atoms with Gasteiger partial charge in [-0.25, -0.2) is 4.98 Å². The molecule has 0 aliphatic rings. The van der Waals surface area contributed by atoms with E-state index >= 15 is 0 Å². The van der Waals surface area contributed by atoms with Crippen molar-refractivity contribution in [3.8, 4) is 0 Å². The Morgan fingerprint density at radius 2 is 2.20 bits per heavy atom. The minimum Gasteiger partial charge on any atom is -0.395 e. The summed E-state index contributed by atoms with van der Waals surface area (Å²) in [7, 11) is 0. The van der Waals surface area contributed by atoms with Crippen LogP contribution in [0.3, 0.4) is 0 Å². The molecule has 1 aromatic heterocycles. The quantitative estimate of drug-likeness (QED) is 0.761. The molecule has 0 bridgehead atoms. The standard InChI is InChI=1S/C15H21N3O2/c1-2-3-4-7-18(8-9-19)15(20)12-5-6-13-14(10-12)17-11-16-13/h5-6,10-11,19H,2-4,7-9H2,1H3,(H,16,17). The highest BCUT2D eigenvalue weighted by atomic mass is 16.3. The molecule has 0 atom stereocenters. The lowest BCUT2D eigenvalue weighted by molar-refractivity contribution is 0.0719. The lowest BCUT2D eigenvalue weighted by Gasteiger charge is -2.21. The number of aromatic amines is 1. The summed E-state index contributed by atoms with van der Waals surface area (Å²) in [5, 5.41) is 9.12. The largest absolute Gasteiger partial charge is 0.395 e. The third-order valence-corrected chi connectivity index (χ3v) is 3.36. The van der Waals surface area contributed by atoms with Gasteiger partial charge in [0.1, 0.15) is 0 Å². The van der Waals surface area contributed by atoms with E-state index in [0.717, 1.165) is 30.3 Å². The van der Waals surface area contributed by atoms with Gasteiger partial charge in [0, 0.05) is 18.7 Å². The van der Waals surface area contributed by atoms with E-state index in [0.29, 0.717) is 18.7 Å². The van der Waals surface area contributed by atoms with Crippen LogP contribution in [0.2, 0.25) is 0 Å². The van der Waals surface area contributed by atoms with E-state index in [-0.39, 0.29) is 12.5 Å². The van der Waals surface area contributed by atoms with Gasteiger partial charge in [-0.05, 0) is 24.6 Å². The first-order valence-corrected chi connectivity index (χ1v) is 7.09. The van der Waals surface area contributed by atoms with Gasteiger partial charge in [-0.1, -0.05) is 19.8 Å². The topological polar surface area (TPSA) is 69.2 Å². The number of nitrogens with zero attached hydrogens (tertiary/aromatic N) is 2. The van der Waals surface area contributed by atoms with Crippen molar-refractivity contribution in [2.45, 2.75) is 26.2 Å². The summed E-state index contributed by atoms with van der Waals surface area (Å²) in [6.07, 6.45) is 4.79. The van der Waals surface area contributed by atoms with E-state index in [1.54, 1.807) is 17.3 Å². The molecule has 20 heavy (non-hydrogen) atoms. The van der Waals surface area contributed by atoms with E-state index in [9.17, 15) is 4.79 Å². The Balaban J connectivity index is 2.12. The van der Waals surface area contributed by atoms with E-state index < -0.39 is 0 Å². The molecule has 2 rings (SSSR count). The zero-order valence-electron chi connectivity index (χ0n) is 11.8. The van der Waals surface area contributed by atoms with Crippen LogP contribution < -0.4 is 0 Å². The number of carbonyl (C=O) groups excluding carboxylic acids is 1. The monoisotopic (exact) mass is 275 g/mol. The maximum absolute atomic E-state index is 12.5. The van der Waals surface area contributed by atoms with E-state index in [1.165, 1.54) is 0 Å². The summed E-state index contributed by atoms with van der Waals surface area (Å²) in [4.78, 5) is 21.3. The van der Waals surface area contributed by atoms with Gasteiger partial charge < -0.3 is 15.0 Å². The first-order valence-electron chi connectivity index (χ1n) is 7.09. The highest BCUT2D eigenvalue weighted by molar-refractivity contribution is 5.97. The summed E-state index contributed by atoms with van der Waals surface area (Å²) in [6.45, 7) is 3.19. The predicted octanol–water partition coefficient (Wildman–Crippen LogP) is 2.19. The number of amides is 1. The Kier molecular flexibility index (Phi) is 5.12. The third kappa shape index (κ3) is 3.36. The molecule has 0 aliphatic heterocycles. The Morgan fingerprint density at radius 1 is 1.35 bits per heavy atom. The average Bonchev–Trinajstić information content (AvgIpc) is 2.93. The first kappa shape index (κ1) is 14.5. The minimum atomic E-state index is -0.0355. The summed E-state index contributed by atoms with van der Waals surface area (Å²) in [6, 6.07) is 5.44. The number of unbranched alkanes of at least 4 members (excludes halogenated alkanes) is 2. The fraction of sp³-hybridized carbons (Fsp3) is 0.467. The van der Waals surface area contributed by atoms with Crippen molar-refractivity contribution >= 4 is 16.9 Å². The summed E-state index contributed by atoms with van der Waals surface area (Å²) < 4.78 is 0. The van der Waals surface area contributed by atoms with E-state index in [4.69, 9.17) is 5.11 Å². The zero-order chi connectivity index (χ0) is 14.4. The lowest BCUT2D eigenvalue weighted by atomic mass is 10.1. The van der Waals surface area contributed by atoms with Crippen LogP contribution in [-0.2, 0) is 0 Å². The molecule has 0 spiro atoms. The van der Waals surface area contributed by atoms with Gasteiger partial charge in [-0.15, -0.1) is 0 Å². The smallest absolute Gasteiger partial charge is 0.254 e. The van der Waals surface area contributed by atoms with Crippen molar-refractivity contribution in [1.82, 2.24) is 14.9 Å². The van der Waals surface area contributed by atoms with Crippen LogP contribution in [0.25, 0.3) is 11.0 Å². The highest BCUT2D eigenvalue weighted by Crippen LogP contribution is 2.14. The number of rotatable bonds is 7. The first-order chi connectivity index (χ1) is 9.76. The number of aliphatic hydroxyl groups is 1. The Bertz CT molecular complexity index is 565. The number of fused-ring (bicyclic) bond motifs is 1. The molecule has 1 heterocycles. The second kappa shape index (κ2) is 7.05. The fourth-order valence-electron chi connectivity index (χ4n) is 2.24. The summed E-state index contributed by atoms with van der Waals surface area (Å²) in [5.41, 5.74) is 2.33. The van der Waals surface area contributed by atoms with Gasteiger partial charge in [0.25, 0.3) is 5.91 Å². The molecule has 2 aromatic rings. The molecule has 0 saturated heterocycles. The molecule has 5 nitrogen and oxygen atoms in total. The normalized spacial score (nSPS) is 10.9. The SMILES string of the molecule is CCCCCN(CCO)C(=O)c1ccc2nc[nH]c2c1. The minimum absolute atomic E-state index is 0.00976. The van der Waals surface area contributed by atoms with E-state index in [1.807, 2.05) is 12.1 Å². The van der Waals surface area contributed by atoms with Gasteiger partial charge in [-0.2, -0.15) is 0 Å². The molecule has 0 fully saturated rings. The number of carbonyl (C=O) groups is 1. The predicted molar refractivity (Wildman–Crippen MR) is 78.6 cm³/mol. The van der Waals surface area contributed by atoms with Crippen molar-refractivity contribution in [1.29, 1.82) is 0 Å². The Morgan fingerprint density at radius 3 is 2.95 bits per heavy atom. The average molecular weight is 275 g/mol. The maximum atomic E-state index is 12.5. The number of hydrogen-bond donors (Lipinski definition) is 2. The number of aromatic nitrogens is 2. The van der Waals surface area contributed by atoms with Crippen LogP contribution in [0.15, 0.2) is 24.5 Å².